The number of aryl methyl sites for hydroxylation is 1. The Bertz CT molecular complexity index is 1650. The zero-order valence-electron chi connectivity index (χ0n) is 22.2. The van der Waals surface area contributed by atoms with Gasteiger partial charge in [0.05, 0.1) is 5.52 Å². The van der Waals surface area contributed by atoms with Gasteiger partial charge in [-0.2, -0.15) is 13.2 Å². The molecule has 2 amide bonds. The fourth-order valence-corrected chi connectivity index (χ4v) is 4.96. The molecule has 0 aliphatic heterocycles. The van der Waals surface area contributed by atoms with Crippen molar-refractivity contribution in [1.29, 1.82) is 0 Å². The molecule has 1 aromatic carbocycles. The molecule has 0 unspecified atom stereocenters. The Morgan fingerprint density at radius 2 is 1.90 bits per heavy atom. The lowest BCUT2D eigenvalue weighted by molar-refractivity contribution is -0.140. The third-order valence-corrected chi connectivity index (χ3v) is 6.93. The Labute approximate surface area is 231 Å². The number of aromatic nitrogens is 3. The van der Waals surface area contributed by atoms with Gasteiger partial charge in [0.25, 0.3) is 5.91 Å². The highest BCUT2D eigenvalue weighted by Gasteiger charge is 2.34. The topological polar surface area (TPSA) is 109 Å². The summed E-state index contributed by atoms with van der Waals surface area (Å²) >= 11 is 0.819. The maximum Gasteiger partial charge on any atom is 0.434 e. The van der Waals surface area contributed by atoms with Gasteiger partial charge in [0, 0.05) is 60.8 Å². The summed E-state index contributed by atoms with van der Waals surface area (Å²) in [5.41, 5.74) is 0.472. The first-order valence-electron chi connectivity index (χ1n) is 12.3. The maximum atomic E-state index is 13.3. The molecule has 2 N–H and O–H groups in total. The third kappa shape index (κ3) is 6.20. The minimum Gasteiger partial charge on any atom is -0.351 e. The van der Waals surface area contributed by atoms with E-state index in [4.69, 9.17) is 0 Å². The SMILES string of the molecule is CCn1cc(C(=O)NCCN(C)C)c(=O)c2ccc(-c3cnc(NC(C)=O)cc3-c3nc(C(F)(F)F)cs3)cc21. The summed E-state index contributed by atoms with van der Waals surface area (Å²) in [7, 11) is 3.75. The largest absolute Gasteiger partial charge is 0.434 e. The van der Waals surface area contributed by atoms with E-state index in [1.165, 1.54) is 25.4 Å². The van der Waals surface area contributed by atoms with Crippen LogP contribution in [0, 0.1) is 0 Å². The van der Waals surface area contributed by atoms with E-state index < -0.39 is 23.2 Å². The molecule has 0 bridgehead atoms. The number of alkyl halides is 3. The molecule has 4 aromatic rings. The molecule has 40 heavy (non-hydrogen) atoms. The van der Waals surface area contributed by atoms with Crippen LogP contribution >= 0.6 is 11.3 Å². The van der Waals surface area contributed by atoms with Gasteiger partial charge in [-0.05, 0) is 44.8 Å². The van der Waals surface area contributed by atoms with Crippen LogP contribution in [0.3, 0.4) is 0 Å². The number of hydrogen-bond donors (Lipinski definition) is 2. The molecule has 0 fully saturated rings. The number of nitrogens with one attached hydrogen (secondary N) is 2. The molecule has 3 aromatic heterocycles. The standard InChI is InChI=1S/C27H27F3N6O3S/c1-5-36-13-20(25(39)31-8-9-35(3)4)24(38)17-7-6-16(10-21(17)36)19-12-32-23(33-15(2)37)11-18(19)26-34-22(14-40-26)27(28,29)30/h6-7,10-14H,5,8-9H2,1-4H3,(H,31,39)(H,32,33,37). The minimum absolute atomic E-state index is 0.0188. The van der Waals surface area contributed by atoms with Gasteiger partial charge in [-0.25, -0.2) is 9.97 Å². The van der Waals surface area contributed by atoms with E-state index in [2.05, 4.69) is 20.6 Å². The van der Waals surface area contributed by atoms with Gasteiger partial charge in [-0.15, -0.1) is 11.3 Å². The first-order valence-corrected chi connectivity index (χ1v) is 13.2. The van der Waals surface area contributed by atoms with E-state index in [0.29, 0.717) is 47.2 Å². The molecule has 0 saturated heterocycles. The van der Waals surface area contributed by atoms with Crippen molar-refractivity contribution in [1.82, 2.24) is 24.8 Å². The average molecular weight is 573 g/mol. The monoisotopic (exact) mass is 572 g/mol. The van der Waals surface area contributed by atoms with Crippen LogP contribution < -0.4 is 16.1 Å². The lowest BCUT2D eigenvalue weighted by Crippen LogP contribution is -2.34. The second-order valence-electron chi connectivity index (χ2n) is 9.28. The summed E-state index contributed by atoms with van der Waals surface area (Å²) in [6.45, 7) is 4.61. The Morgan fingerprint density at radius 3 is 2.52 bits per heavy atom. The number of halogens is 3. The second kappa shape index (κ2) is 11.6. The van der Waals surface area contributed by atoms with E-state index in [9.17, 15) is 27.6 Å². The molecule has 0 aliphatic rings. The molecular weight excluding hydrogens is 545 g/mol. The Morgan fingerprint density at radius 1 is 1.15 bits per heavy atom. The number of thiazole rings is 1. The van der Waals surface area contributed by atoms with Gasteiger partial charge >= 0.3 is 6.18 Å². The number of carbonyl (C=O) groups excluding carboxylic acids is 2. The fraction of sp³-hybridized carbons (Fsp3) is 0.296. The Balaban J connectivity index is 1.83. The van der Waals surface area contributed by atoms with Gasteiger partial charge in [0.15, 0.2) is 5.69 Å². The van der Waals surface area contributed by atoms with Crippen molar-refractivity contribution in [2.24, 2.45) is 0 Å². The molecule has 4 rings (SSSR count). The van der Waals surface area contributed by atoms with Crippen LogP contribution in [0.15, 0.2) is 46.8 Å². The van der Waals surface area contributed by atoms with Gasteiger partial charge in [-0.3, -0.25) is 14.4 Å². The predicted octanol–water partition coefficient (Wildman–Crippen LogP) is 4.48. The van der Waals surface area contributed by atoms with E-state index in [-0.39, 0.29) is 22.3 Å². The summed E-state index contributed by atoms with van der Waals surface area (Å²) in [6.07, 6.45) is -1.66. The summed E-state index contributed by atoms with van der Waals surface area (Å²) in [5.74, 6) is -0.698. The van der Waals surface area contributed by atoms with E-state index >= 15 is 0 Å². The lowest BCUT2D eigenvalue weighted by atomic mass is 9.99. The highest BCUT2D eigenvalue weighted by Crippen LogP contribution is 2.39. The zero-order chi connectivity index (χ0) is 29.2. The number of amides is 2. The van der Waals surface area contributed by atoms with Crippen LogP contribution in [0.1, 0.15) is 29.9 Å². The number of anilines is 1. The number of likely N-dealkylation sites (N-methyl/N-ethyl adjacent to an activating group) is 1. The smallest absolute Gasteiger partial charge is 0.351 e. The van der Waals surface area contributed by atoms with Crippen molar-refractivity contribution in [3.8, 4) is 21.7 Å². The molecule has 0 aliphatic carbocycles. The molecule has 210 valence electrons. The van der Waals surface area contributed by atoms with E-state index in [1.54, 1.807) is 22.8 Å². The molecule has 9 nitrogen and oxygen atoms in total. The molecular formula is C27H27F3N6O3S. The maximum absolute atomic E-state index is 13.3. The fourth-order valence-electron chi connectivity index (χ4n) is 4.11. The minimum atomic E-state index is -4.61. The molecule has 3 heterocycles. The summed E-state index contributed by atoms with van der Waals surface area (Å²) < 4.78 is 41.6. The van der Waals surface area contributed by atoms with Crippen molar-refractivity contribution in [3.05, 3.63) is 63.5 Å². The Kier molecular flexibility index (Phi) is 8.35. The number of carbonyl (C=O) groups is 2. The number of fused-ring (bicyclic) bond motifs is 1. The van der Waals surface area contributed by atoms with Crippen LogP contribution in [0.4, 0.5) is 19.0 Å². The number of hydrogen-bond acceptors (Lipinski definition) is 7. The average Bonchev–Trinajstić information content (AvgIpc) is 3.39. The number of nitrogens with zero attached hydrogens (tertiary/aromatic N) is 4. The van der Waals surface area contributed by atoms with Crippen LogP contribution in [0.2, 0.25) is 0 Å². The normalized spacial score (nSPS) is 11.7. The van der Waals surface area contributed by atoms with Crippen molar-refractivity contribution >= 4 is 39.9 Å². The highest BCUT2D eigenvalue weighted by atomic mass is 32.1. The molecule has 13 heteroatoms. The molecule has 0 radical (unpaired) electrons. The summed E-state index contributed by atoms with van der Waals surface area (Å²) in [4.78, 5) is 47.6. The first-order chi connectivity index (χ1) is 18.9. The first kappa shape index (κ1) is 28.9. The van der Waals surface area contributed by atoms with Crippen molar-refractivity contribution in [3.63, 3.8) is 0 Å². The van der Waals surface area contributed by atoms with E-state index in [0.717, 1.165) is 16.7 Å². The number of pyridine rings is 2. The third-order valence-electron chi connectivity index (χ3n) is 6.06. The Hall–Kier alpha value is -4.10. The van der Waals surface area contributed by atoms with Crippen molar-refractivity contribution < 1.29 is 22.8 Å². The van der Waals surface area contributed by atoms with Crippen molar-refractivity contribution in [2.75, 3.05) is 32.5 Å². The second-order valence-corrected chi connectivity index (χ2v) is 10.1. The van der Waals surface area contributed by atoms with Gasteiger partial charge in [0.1, 0.15) is 16.4 Å². The van der Waals surface area contributed by atoms with Crippen LogP contribution in [-0.2, 0) is 17.5 Å². The molecule has 0 atom stereocenters. The summed E-state index contributed by atoms with van der Waals surface area (Å²) in [5, 5.41) is 6.65. The van der Waals surface area contributed by atoms with Gasteiger partial charge in [-0.1, -0.05) is 6.07 Å². The lowest BCUT2D eigenvalue weighted by Gasteiger charge is -2.15. The van der Waals surface area contributed by atoms with Crippen LogP contribution in [-0.4, -0.2) is 58.4 Å². The number of rotatable bonds is 8. The quantitative estimate of drug-likeness (QED) is 0.323. The number of benzene rings is 1. The van der Waals surface area contributed by atoms with Crippen LogP contribution in [0.5, 0.6) is 0 Å². The summed E-state index contributed by atoms with van der Waals surface area (Å²) in [6, 6.07) is 6.43. The van der Waals surface area contributed by atoms with Gasteiger partial charge in [0.2, 0.25) is 11.3 Å². The van der Waals surface area contributed by atoms with Crippen LogP contribution in [0.25, 0.3) is 32.6 Å². The highest BCUT2D eigenvalue weighted by molar-refractivity contribution is 7.13. The van der Waals surface area contributed by atoms with Crippen molar-refractivity contribution in [2.45, 2.75) is 26.6 Å². The van der Waals surface area contributed by atoms with Gasteiger partial charge < -0.3 is 20.1 Å². The van der Waals surface area contributed by atoms with E-state index in [1.807, 2.05) is 25.9 Å². The predicted molar refractivity (Wildman–Crippen MR) is 148 cm³/mol. The molecule has 0 saturated carbocycles. The zero-order valence-corrected chi connectivity index (χ0v) is 23.0. The molecule has 0 spiro atoms.